The van der Waals surface area contributed by atoms with Crippen LogP contribution >= 0.6 is 11.6 Å². The molecule has 0 aliphatic rings. The smallest absolute Gasteiger partial charge is 0.352 e. The van der Waals surface area contributed by atoms with Gasteiger partial charge in [0.15, 0.2) is 0 Å². The number of H-pyrrole nitrogens is 1. The molecule has 2 N–H and O–H groups in total. The van der Waals surface area contributed by atoms with Crippen LogP contribution in [0, 0.1) is 0 Å². The lowest BCUT2D eigenvalue weighted by Crippen LogP contribution is -2.04. The second-order valence-electron chi connectivity index (χ2n) is 8.26. The minimum Gasteiger partial charge on any atom is -0.496 e. The SMILES string of the molecule is COc1ccccc1-c1cccc2c(CCCOc3ccc(Cl)c4ccccc34)c(C(=O)O)[nH]c12. The van der Waals surface area contributed by atoms with Crippen LogP contribution in [0.1, 0.15) is 22.5 Å². The fourth-order valence-corrected chi connectivity index (χ4v) is 4.83. The highest BCUT2D eigenvalue weighted by atomic mass is 35.5. The molecule has 4 aromatic carbocycles. The van der Waals surface area contributed by atoms with Gasteiger partial charge in [-0.1, -0.05) is 72.3 Å². The number of carboxylic acid groups (broad SMARTS) is 1. The monoisotopic (exact) mass is 485 g/mol. The molecule has 35 heavy (non-hydrogen) atoms. The zero-order valence-electron chi connectivity index (χ0n) is 19.2. The normalized spacial score (nSPS) is 11.1. The molecule has 5 rings (SSSR count). The Hall–Kier alpha value is -3.96. The van der Waals surface area contributed by atoms with Crippen LogP contribution in [0.3, 0.4) is 0 Å². The molecule has 6 heteroatoms. The predicted molar refractivity (Wildman–Crippen MR) is 140 cm³/mol. The molecule has 0 saturated heterocycles. The number of ether oxygens (including phenoxy) is 2. The van der Waals surface area contributed by atoms with Gasteiger partial charge < -0.3 is 19.6 Å². The topological polar surface area (TPSA) is 71.6 Å². The Bertz CT molecular complexity index is 1540. The largest absolute Gasteiger partial charge is 0.496 e. The summed E-state index contributed by atoms with van der Waals surface area (Å²) in [5.74, 6) is 0.518. The number of nitrogens with one attached hydrogen (secondary N) is 1. The maximum atomic E-state index is 12.1. The summed E-state index contributed by atoms with van der Waals surface area (Å²) in [6.07, 6.45) is 1.21. The summed E-state index contributed by atoms with van der Waals surface area (Å²) in [6, 6.07) is 25.2. The number of carbonyl (C=O) groups is 1. The van der Waals surface area contributed by atoms with E-state index in [4.69, 9.17) is 21.1 Å². The van der Waals surface area contributed by atoms with Crippen molar-refractivity contribution in [2.75, 3.05) is 13.7 Å². The molecule has 0 unspecified atom stereocenters. The molecule has 5 nitrogen and oxygen atoms in total. The second kappa shape index (κ2) is 9.72. The van der Waals surface area contributed by atoms with Gasteiger partial charge in [-0.2, -0.15) is 0 Å². The van der Waals surface area contributed by atoms with E-state index in [0.29, 0.717) is 24.5 Å². The third kappa shape index (κ3) is 4.31. The van der Waals surface area contributed by atoms with Gasteiger partial charge >= 0.3 is 5.97 Å². The number of methoxy groups -OCH3 is 1. The third-order valence-corrected chi connectivity index (χ3v) is 6.54. The first kappa shape index (κ1) is 22.8. The molecule has 0 atom stereocenters. The highest BCUT2D eigenvalue weighted by Gasteiger charge is 2.20. The minimum atomic E-state index is -0.980. The van der Waals surface area contributed by atoms with E-state index in [0.717, 1.165) is 49.9 Å². The molecular weight excluding hydrogens is 462 g/mol. The van der Waals surface area contributed by atoms with Crippen molar-refractivity contribution in [2.24, 2.45) is 0 Å². The number of aromatic carboxylic acids is 1. The number of para-hydroxylation sites is 2. The standard InChI is InChI=1S/C29H24ClNO4/c1-34-25-14-5-4-10-20(25)21-11-6-12-22-23(28(29(32)33)31-27(21)22)13-7-17-35-26-16-15-24(30)18-8-2-3-9-19(18)26/h2-6,8-12,14-16,31H,7,13,17H2,1H3,(H,32,33). The number of aryl methyl sites for hydroxylation is 1. The molecule has 0 bridgehead atoms. The Morgan fingerprint density at radius 2 is 1.57 bits per heavy atom. The molecule has 0 aliphatic heterocycles. The van der Waals surface area contributed by atoms with E-state index >= 15 is 0 Å². The van der Waals surface area contributed by atoms with Gasteiger partial charge in [0.1, 0.15) is 17.2 Å². The lowest BCUT2D eigenvalue weighted by Gasteiger charge is -2.11. The minimum absolute atomic E-state index is 0.208. The van der Waals surface area contributed by atoms with E-state index in [1.165, 1.54) is 0 Å². The van der Waals surface area contributed by atoms with E-state index in [2.05, 4.69) is 4.98 Å². The number of aromatic nitrogens is 1. The number of hydrogen-bond donors (Lipinski definition) is 2. The number of hydrogen-bond acceptors (Lipinski definition) is 3. The first-order valence-corrected chi connectivity index (χ1v) is 11.8. The quantitative estimate of drug-likeness (QED) is 0.225. The average molecular weight is 486 g/mol. The third-order valence-electron chi connectivity index (χ3n) is 6.21. The summed E-state index contributed by atoms with van der Waals surface area (Å²) in [7, 11) is 1.63. The van der Waals surface area contributed by atoms with Crippen molar-refractivity contribution in [3.8, 4) is 22.6 Å². The van der Waals surface area contributed by atoms with Crippen LogP contribution in [0.25, 0.3) is 32.8 Å². The van der Waals surface area contributed by atoms with Crippen molar-refractivity contribution in [1.29, 1.82) is 0 Å². The van der Waals surface area contributed by atoms with Gasteiger partial charge in [0.2, 0.25) is 0 Å². The molecule has 0 spiro atoms. The van der Waals surface area contributed by atoms with Crippen molar-refractivity contribution in [1.82, 2.24) is 4.98 Å². The number of halogens is 1. The maximum absolute atomic E-state index is 12.1. The molecule has 0 aliphatic carbocycles. The molecule has 1 heterocycles. The van der Waals surface area contributed by atoms with Crippen molar-refractivity contribution in [3.63, 3.8) is 0 Å². The Kier molecular flexibility index (Phi) is 6.34. The fourth-order valence-electron chi connectivity index (χ4n) is 4.60. The van der Waals surface area contributed by atoms with Crippen LogP contribution in [0.4, 0.5) is 0 Å². The molecule has 176 valence electrons. The number of aromatic amines is 1. The van der Waals surface area contributed by atoms with E-state index < -0.39 is 5.97 Å². The Morgan fingerprint density at radius 1 is 0.857 bits per heavy atom. The summed E-state index contributed by atoms with van der Waals surface area (Å²) in [6.45, 7) is 0.448. The maximum Gasteiger partial charge on any atom is 0.352 e. The highest BCUT2D eigenvalue weighted by Crippen LogP contribution is 2.37. The fraction of sp³-hybridized carbons (Fsp3) is 0.138. The first-order chi connectivity index (χ1) is 17.1. The van der Waals surface area contributed by atoms with Gasteiger partial charge in [0, 0.05) is 32.3 Å². The molecule has 0 fully saturated rings. The van der Waals surface area contributed by atoms with Gasteiger partial charge in [-0.3, -0.25) is 0 Å². The number of carboxylic acids is 1. The van der Waals surface area contributed by atoms with E-state index in [1.807, 2.05) is 78.9 Å². The summed E-state index contributed by atoms with van der Waals surface area (Å²) in [5.41, 5.74) is 3.57. The zero-order valence-corrected chi connectivity index (χ0v) is 19.9. The van der Waals surface area contributed by atoms with E-state index in [1.54, 1.807) is 7.11 Å². The lowest BCUT2D eigenvalue weighted by atomic mass is 9.99. The Labute approximate surface area is 207 Å². The van der Waals surface area contributed by atoms with Crippen LogP contribution < -0.4 is 9.47 Å². The van der Waals surface area contributed by atoms with Crippen LogP contribution in [0.5, 0.6) is 11.5 Å². The van der Waals surface area contributed by atoms with E-state index in [-0.39, 0.29) is 5.69 Å². The van der Waals surface area contributed by atoms with Gasteiger partial charge in [-0.15, -0.1) is 0 Å². The predicted octanol–water partition coefficient (Wildman–Crippen LogP) is 7.36. The Balaban J connectivity index is 1.42. The van der Waals surface area contributed by atoms with Gasteiger partial charge in [0.05, 0.1) is 19.2 Å². The number of benzene rings is 4. The van der Waals surface area contributed by atoms with Gasteiger partial charge in [-0.25, -0.2) is 4.79 Å². The van der Waals surface area contributed by atoms with Crippen LogP contribution in [-0.2, 0) is 6.42 Å². The van der Waals surface area contributed by atoms with Crippen LogP contribution in [-0.4, -0.2) is 29.8 Å². The molecule has 0 amide bonds. The van der Waals surface area contributed by atoms with Gasteiger partial charge in [-0.05, 0) is 36.6 Å². The molecule has 1 aromatic heterocycles. The molecule has 0 saturated carbocycles. The summed E-state index contributed by atoms with van der Waals surface area (Å²) in [5, 5.41) is 13.4. The van der Waals surface area contributed by atoms with Gasteiger partial charge in [0.25, 0.3) is 0 Å². The lowest BCUT2D eigenvalue weighted by molar-refractivity contribution is 0.0690. The Morgan fingerprint density at radius 3 is 2.37 bits per heavy atom. The van der Waals surface area contributed by atoms with Crippen molar-refractivity contribution in [2.45, 2.75) is 12.8 Å². The molecule has 5 aromatic rings. The van der Waals surface area contributed by atoms with Crippen molar-refractivity contribution < 1.29 is 19.4 Å². The summed E-state index contributed by atoms with van der Waals surface area (Å²) >= 11 is 6.31. The summed E-state index contributed by atoms with van der Waals surface area (Å²) in [4.78, 5) is 15.3. The number of fused-ring (bicyclic) bond motifs is 2. The first-order valence-electron chi connectivity index (χ1n) is 11.4. The average Bonchev–Trinajstić information content (AvgIpc) is 3.27. The highest BCUT2D eigenvalue weighted by molar-refractivity contribution is 6.35. The zero-order chi connectivity index (χ0) is 24.4. The van der Waals surface area contributed by atoms with Crippen LogP contribution in [0.15, 0.2) is 78.9 Å². The van der Waals surface area contributed by atoms with E-state index in [9.17, 15) is 9.90 Å². The van der Waals surface area contributed by atoms with Crippen molar-refractivity contribution >= 4 is 39.2 Å². The second-order valence-corrected chi connectivity index (χ2v) is 8.66. The summed E-state index contributed by atoms with van der Waals surface area (Å²) < 4.78 is 11.6. The molecule has 0 radical (unpaired) electrons. The molecular formula is C29H24ClNO4. The number of rotatable bonds is 8. The van der Waals surface area contributed by atoms with Crippen molar-refractivity contribution in [3.05, 3.63) is 95.1 Å². The van der Waals surface area contributed by atoms with Crippen LogP contribution in [0.2, 0.25) is 5.02 Å².